The number of carbonyl (C=O) groups is 1. The summed E-state index contributed by atoms with van der Waals surface area (Å²) >= 11 is 0. The van der Waals surface area contributed by atoms with E-state index in [0.29, 0.717) is 12.1 Å². The average Bonchev–Trinajstić information content (AvgIpc) is 2.51. The zero-order valence-electron chi connectivity index (χ0n) is 13.2. The minimum atomic E-state index is -0.958. The first-order chi connectivity index (χ1) is 10.5. The molecule has 0 aliphatic rings. The molecule has 0 aliphatic carbocycles. The Balaban J connectivity index is 2.56. The van der Waals surface area contributed by atoms with Gasteiger partial charge in [-0.25, -0.2) is 0 Å². The molecule has 0 radical (unpaired) electrons. The predicted molar refractivity (Wildman–Crippen MR) is 85.7 cm³/mol. The first kappa shape index (κ1) is 16.1. The zero-order chi connectivity index (χ0) is 16.2. The number of ketones is 1. The van der Waals surface area contributed by atoms with E-state index in [9.17, 15) is 9.59 Å². The highest BCUT2D eigenvalue weighted by Gasteiger charge is 2.37. The number of Topliss-reactive ketones (excluding diaryl/α,β-unsaturated/α-hetero) is 1. The van der Waals surface area contributed by atoms with Gasteiger partial charge < -0.3 is 4.57 Å². The van der Waals surface area contributed by atoms with Crippen molar-refractivity contribution in [2.24, 2.45) is 0 Å². The highest BCUT2D eigenvalue weighted by molar-refractivity contribution is 5.87. The molecular weight excluding hydrogens is 278 g/mol. The van der Waals surface area contributed by atoms with Crippen LogP contribution in [-0.2, 0) is 16.9 Å². The van der Waals surface area contributed by atoms with Crippen molar-refractivity contribution in [3.63, 3.8) is 0 Å². The lowest BCUT2D eigenvalue weighted by Gasteiger charge is -2.33. The maximum Gasteiger partial charge on any atom is 0.253 e. The van der Waals surface area contributed by atoms with Crippen LogP contribution in [0, 0.1) is 6.92 Å². The number of likely N-dealkylation sites (N-methyl/N-ethyl adjacent to an activating group) is 1. The van der Waals surface area contributed by atoms with Crippen LogP contribution in [0.4, 0.5) is 0 Å². The molecule has 0 saturated carbocycles. The SMILES string of the molecule is CCNC(Cn1cccc(C)c1=O)(C(C)=O)c1cccnc1. The molecule has 0 aromatic carbocycles. The molecule has 0 spiro atoms. The molecule has 0 amide bonds. The van der Waals surface area contributed by atoms with Gasteiger partial charge in [0.25, 0.3) is 5.56 Å². The van der Waals surface area contributed by atoms with E-state index in [2.05, 4.69) is 10.3 Å². The van der Waals surface area contributed by atoms with Gasteiger partial charge in [0.1, 0.15) is 5.54 Å². The number of aromatic nitrogens is 2. The van der Waals surface area contributed by atoms with Crippen molar-refractivity contribution < 1.29 is 4.79 Å². The van der Waals surface area contributed by atoms with Gasteiger partial charge in [0.05, 0.1) is 6.54 Å². The molecular formula is C17H21N3O2. The third kappa shape index (κ3) is 2.99. The summed E-state index contributed by atoms with van der Waals surface area (Å²) in [4.78, 5) is 28.9. The Kier molecular flexibility index (Phi) is 4.88. The summed E-state index contributed by atoms with van der Waals surface area (Å²) in [5, 5.41) is 3.26. The summed E-state index contributed by atoms with van der Waals surface area (Å²) in [5.74, 6) is -0.0456. The Hall–Kier alpha value is -2.27. The highest BCUT2D eigenvalue weighted by Crippen LogP contribution is 2.23. The molecule has 1 atom stereocenters. The maximum atomic E-state index is 12.5. The van der Waals surface area contributed by atoms with E-state index < -0.39 is 5.54 Å². The Morgan fingerprint density at radius 1 is 1.36 bits per heavy atom. The normalized spacial score (nSPS) is 13.6. The Bertz CT molecular complexity index is 709. The van der Waals surface area contributed by atoms with Crippen LogP contribution in [0.1, 0.15) is 25.0 Å². The molecule has 2 heterocycles. The third-order valence-corrected chi connectivity index (χ3v) is 3.85. The molecule has 1 unspecified atom stereocenters. The van der Waals surface area contributed by atoms with Crippen LogP contribution in [0.25, 0.3) is 0 Å². The van der Waals surface area contributed by atoms with Crippen LogP contribution in [0.3, 0.4) is 0 Å². The number of nitrogens with zero attached hydrogens (tertiary/aromatic N) is 2. The monoisotopic (exact) mass is 299 g/mol. The van der Waals surface area contributed by atoms with Gasteiger partial charge in [-0.05, 0) is 38.1 Å². The first-order valence-corrected chi connectivity index (χ1v) is 7.34. The van der Waals surface area contributed by atoms with Crippen molar-refractivity contribution in [3.8, 4) is 0 Å². The fourth-order valence-electron chi connectivity index (χ4n) is 2.64. The van der Waals surface area contributed by atoms with Crippen molar-refractivity contribution in [2.45, 2.75) is 32.9 Å². The molecule has 1 N–H and O–H groups in total. The standard InChI is InChI=1S/C17H21N3O2/c1-4-19-17(14(3)21,15-8-5-9-18-11-15)12-20-10-6-7-13(2)16(20)22/h5-11,19H,4,12H2,1-3H3. The molecule has 5 heteroatoms. The number of pyridine rings is 2. The van der Waals surface area contributed by atoms with Gasteiger partial charge in [-0.15, -0.1) is 0 Å². The van der Waals surface area contributed by atoms with E-state index in [4.69, 9.17) is 0 Å². The highest BCUT2D eigenvalue weighted by atomic mass is 16.1. The lowest BCUT2D eigenvalue weighted by Crippen LogP contribution is -2.52. The van der Waals surface area contributed by atoms with Crippen molar-refractivity contribution in [1.29, 1.82) is 0 Å². The molecule has 2 rings (SSSR count). The van der Waals surface area contributed by atoms with E-state index in [-0.39, 0.29) is 17.9 Å². The maximum absolute atomic E-state index is 12.5. The summed E-state index contributed by atoms with van der Waals surface area (Å²) in [7, 11) is 0. The fraction of sp³-hybridized carbons (Fsp3) is 0.353. The average molecular weight is 299 g/mol. The summed E-state index contributed by atoms with van der Waals surface area (Å²) < 4.78 is 1.58. The smallest absolute Gasteiger partial charge is 0.253 e. The Morgan fingerprint density at radius 2 is 2.14 bits per heavy atom. The molecule has 0 bridgehead atoms. The molecule has 0 aliphatic heterocycles. The van der Waals surface area contributed by atoms with Crippen LogP contribution >= 0.6 is 0 Å². The zero-order valence-corrected chi connectivity index (χ0v) is 13.2. The lowest BCUT2D eigenvalue weighted by molar-refractivity contribution is -0.124. The first-order valence-electron chi connectivity index (χ1n) is 7.34. The van der Waals surface area contributed by atoms with Crippen molar-refractivity contribution >= 4 is 5.78 Å². The van der Waals surface area contributed by atoms with Crippen LogP contribution in [-0.4, -0.2) is 21.9 Å². The van der Waals surface area contributed by atoms with Crippen molar-refractivity contribution in [1.82, 2.24) is 14.9 Å². The van der Waals surface area contributed by atoms with Crippen LogP contribution in [0.5, 0.6) is 0 Å². The second-order valence-electron chi connectivity index (χ2n) is 5.36. The van der Waals surface area contributed by atoms with Gasteiger partial charge in [-0.1, -0.05) is 19.1 Å². The number of hydrogen-bond donors (Lipinski definition) is 1. The third-order valence-electron chi connectivity index (χ3n) is 3.85. The molecule has 5 nitrogen and oxygen atoms in total. The number of hydrogen-bond acceptors (Lipinski definition) is 4. The van der Waals surface area contributed by atoms with Crippen LogP contribution in [0.2, 0.25) is 0 Å². The van der Waals surface area contributed by atoms with Gasteiger partial charge in [-0.2, -0.15) is 0 Å². The van der Waals surface area contributed by atoms with E-state index in [1.807, 2.05) is 19.1 Å². The van der Waals surface area contributed by atoms with E-state index >= 15 is 0 Å². The van der Waals surface area contributed by atoms with Crippen molar-refractivity contribution in [3.05, 3.63) is 64.3 Å². The van der Waals surface area contributed by atoms with Crippen molar-refractivity contribution in [2.75, 3.05) is 6.54 Å². The van der Waals surface area contributed by atoms with Gasteiger partial charge in [0.2, 0.25) is 0 Å². The predicted octanol–water partition coefficient (Wildman–Crippen LogP) is 1.65. The van der Waals surface area contributed by atoms with Gasteiger partial charge in [-0.3, -0.25) is 19.9 Å². The minimum Gasteiger partial charge on any atom is -0.313 e. The molecule has 0 saturated heterocycles. The second-order valence-corrected chi connectivity index (χ2v) is 5.36. The van der Waals surface area contributed by atoms with Gasteiger partial charge in [0.15, 0.2) is 5.78 Å². The quantitative estimate of drug-likeness (QED) is 0.881. The van der Waals surface area contributed by atoms with Gasteiger partial charge >= 0.3 is 0 Å². The topological polar surface area (TPSA) is 64.0 Å². The summed E-state index contributed by atoms with van der Waals surface area (Å²) in [5.41, 5.74) is 0.371. The fourth-order valence-corrected chi connectivity index (χ4v) is 2.64. The minimum absolute atomic E-state index is 0.0456. The molecule has 0 fully saturated rings. The lowest BCUT2D eigenvalue weighted by atomic mass is 9.86. The molecule has 116 valence electrons. The number of carbonyl (C=O) groups excluding carboxylic acids is 1. The number of rotatable bonds is 6. The summed E-state index contributed by atoms with van der Waals surface area (Å²) in [6.45, 7) is 6.09. The largest absolute Gasteiger partial charge is 0.313 e. The van der Waals surface area contributed by atoms with Gasteiger partial charge in [0, 0.05) is 24.2 Å². The number of nitrogens with one attached hydrogen (secondary N) is 1. The molecule has 2 aromatic rings. The van der Waals surface area contributed by atoms with E-state index in [1.165, 1.54) is 6.92 Å². The Labute approximate surface area is 130 Å². The van der Waals surface area contributed by atoms with E-state index in [0.717, 1.165) is 5.56 Å². The molecule has 22 heavy (non-hydrogen) atoms. The van der Waals surface area contributed by atoms with Crippen LogP contribution in [0.15, 0.2) is 47.7 Å². The van der Waals surface area contributed by atoms with Crippen LogP contribution < -0.4 is 10.9 Å². The summed E-state index contributed by atoms with van der Waals surface area (Å²) in [6, 6.07) is 7.24. The second kappa shape index (κ2) is 6.66. The Morgan fingerprint density at radius 3 is 2.73 bits per heavy atom. The molecule has 2 aromatic heterocycles. The number of aryl methyl sites for hydroxylation is 1. The van der Waals surface area contributed by atoms with E-state index in [1.54, 1.807) is 42.2 Å². The summed E-state index contributed by atoms with van der Waals surface area (Å²) in [6.07, 6.45) is 5.05.